The molecule has 96 valence electrons. The van der Waals surface area contributed by atoms with Crippen LogP contribution < -0.4 is 4.74 Å². The SMILES string of the molecule is COc1ccc(-c2nnc(C)o2)cc1-c1ccco1. The van der Waals surface area contributed by atoms with E-state index < -0.39 is 0 Å². The van der Waals surface area contributed by atoms with Gasteiger partial charge in [0.05, 0.1) is 18.9 Å². The smallest absolute Gasteiger partial charge is 0.247 e. The van der Waals surface area contributed by atoms with Crippen LogP contribution in [0.1, 0.15) is 5.89 Å². The molecule has 0 N–H and O–H groups in total. The molecule has 0 bridgehead atoms. The number of methoxy groups -OCH3 is 1. The van der Waals surface area contributed by atoms with Crippen molar-refractivity contribution in [2.45, 2.75) is 6.92 Å². The maximum atomic E-state index is 5.42. The van der Waals surface area contributed by atoms with Crippen molar-refractivity contribution in [2.75, 3.05) is 7.11 Å². The molecule has 1 aromatic carbocycles. The summed E-state index contributed by atoms with van der Waals surface area (Å²) in [6.45, 7) is 1.76. The number of hydrogen-bond acceptors (Lipinski definition) is 5. The molecular weight excluding hydrogens is 244 g/mol. The highest BCUT2D eigenvalue weighted by atomic mass is 16.5. The van der Waals surface area contributed by atoms with Crippen LogP contribution >= 0.6 is 0 Å². The number of rotatable bonds is 3. The van der Waals surface area contributed by atoms with E-state index in [0.29, 0.717) is 11.8 Å². The maximum absolute atomic E-state index is 5.42. The van der Waals surface area contributed by atoms with Gasteiger partial charge in [0.2, 0.25) is 11.8 Å². The predicted octanol–water partition coefficient (Wildman–Crippen LogP) is 3.31. The molecule has 0 saturated carbocycles. The van der Waals surface area contributed by atoms with E-state index in [1.165, 1.54) is 0 Å². The van der Waals surface area contributed by atoms with Gasteiger partial charge >= 0.3 is 0 Å². The van der Waals surface area contributed by atoms with Gasteiger partial charge in [0, 0.05) is 12.5 Å². The van der Waals surface area contributed by atoms with Crippen molar-refractivity contribution in [3.63, 3.8) is 0 Å². The number of furan rings is 1. The first kappa shape index (κ1) is 11.5. The van der Waals surface area contributed by atoms with Gasteiger partial charge in [0.25, 0.3) is 0 Å². The van der Waals surface area contributed by atoms with Crippen LogP contribution in [0.5, 0.6) is 5.75 Å². The van der Waals surface area contributed by atoms with E-state index in [4.69, 9.17) is 13.6 Å². The van der Waals surface area contributed by atoms with E-state index in [1.807, 2.05) is 30.3 Å². The lowest BCUT2D eigenvalue weighted by Crippen LogP contribution is -1.88. The Morgan fingerprint density at radius 2 is 2.05 bits per heavy atom. The summed E-state index contributed by atoms with van der Waals surface area (Å²) in [7, 11) is 1.62. The van der Waals surface area contributed by atoms with Crippen molar-refractivity contribution in [3.8, 4) is 28.5 Å². The van der Waals surface area contributed by atoms with E-state index >= 15 is 0 Å². The summed E-state index contributed by atoms with van der Waals surface area (Å²) in [4.78, 5) is 0. The molecule has 5 heteroatoms. The normalized spacial score (nSPS) is 10.6. The van der Waals surface area contributed by atoms with Gasteiger partial charge < -0.3 is 13.6 Å². The summed E-state index contributed by atoms with van der Waals surface area (Å²) in [5.41, 5.74) is 1.67. The molecule has 0 fully saturated rings. The molecule has 0 aliphatic carbocycles. The standard InChI is InChI=1S/C14H12N2O3/c1-9-15-16-14(19-9)10-5-6-12(17-2)11(8-10)13-4-3-7-18-13/h3-8H,1-2H3. The molecule has 19 heavy (non-hydrogen) atoms. The molecule has 0 aliphatic rings. The highest BCUT2D eigenvalue weighted by Crippen LogP contribution is 2.34. The van der Waals surface area contributed by atoms with Crippen LogP contribution in [-0.2, 0) is 0 Å². The summed E-state index contributed by atoms with van der Waals surface area (Å²) in [6, 6.07) is 9.34. The van der Waals surface area contributed by atoms with E-state index in [-0.39, 0.29) is 0 Å². The van der Waals surface area contributed by atoms with Crippen LogP contribution in [0.15, 0.2) is 45.4 Å². The quantitative estimate of drug-likeness (QED) is 0.719. The van der Waals surface area contributed by atoms with Gasteiger partial charge in [-0.05, 0) is 30.3 Å². The van der Waals surface area contributed by atoms with Gasteiger partial charge in [-0.3, -0.25) is 0 Å². The zero-order chi connectivity index (χ0) is 13.2. The van der Waals surface area contributed by atoms with Gasteiger partial charge in [-0.1, -0.05) is 0 Å². The van der Waals surface area contributed by atoms with Crippen molar-refractivity contribution in [1.29, 1.82) is 0 Å². The van der Waals surface area contributed by atoms with E-state index in [1.54, 1.807) is 20.3 Å². The van der Waals surface area contributed by atoms with Gasteiger partial charge in [-0.2, -0.15) is 0 Å². The molecule has 0 radical (unpaired) electrons. The fourth-order valence-electron chi connectivity index (χ4n) is 1.88. The van der Waals surface area contributed by atoms with Crippen LogP contribution in [0, 0.1) is 6.92 Å². The highest BCUT2D eigenvalue weighted by Gasteiger charge is 2.13. The minimum atomic E-state index is 0.480. The van der Waals surface area contributed by atoms with Crippen molar-refractivity contribution in [1.82, 2.24) is 10.2 Å². The largest absolute Gasteiger partial charge is 0.496 e. The molecule has 0 saturated heterocycles. The number of ether oxygens (including phenoxy) is 1. The Balaban J connectivity index is 2.12. The Kier molecular flexibility index (Phi) is 2.79. The molecule has 3 rings (SSSR count). The molecule has 0 spiro atoms. The first-order valence-electron chi connectivity index (χ1n) is 5.80. The van der Waals surface area contributed by atoms with Crippen LogP contribution in [0.4, 0.5) is 0 Å². The van der Waals surface area contributed by atoms with E-state index in [0.717, 1.165) is 22.6 Å². The average molecular weight is 256 g/mol. The topological polar surface area (TPSA) is 61.3 Å². The first-order valence-corrected chi connectivity index (χ1v) is 5.80. The number of nitrogens with zero attached hydrogens (tertiary/aromatic N) is 2. The van der Waals surface area contributed by atoms with Gasteiger partial charge in [0.1, 0.15) is 11.5 Å². The average Bonchev–Trinajstić information content (AvgIpc) is 3.09. The fraction of sp³-hybridized carbons (Fsp3) is 0.143. The Morgan fingerprint density at radius 3 is 2.68 bits per heavy atom. The van der Waals surface area contributed by atoms with Gasteiger partial charge in [-0.15, -0.1) is 10.2 Å². The van der Waals surface area contributed by atoms with Crippen LogP contribution in [0.3, 0.4) is 0 Å². The minimum Gasteiger partial charge on any atom is -0.496 e. The number of hydrogen-bond donors (Lipinski definition) is 0. The Labute approximate surface area is 109 Å². The second-order valence-electron chi connectivity index (χ2n) is 4.02. The molecule has 0 amide bonds. The monoisotopic (exact) mass is 256 g/mol. The predicted molar refractivity (Wildman–Crippen MR) is 68.7 cm³/mol. The Hall–Kier alpha value is -2.56. The van der Waals surface area contributed by atoms with Crippen LogP contribution in [0.25, 0.3) is 22.8 Å². The zero-order valence-corrected chi connectivity index (χ0v) is 10.6. The first-order chi connectivity index (χ1) is 9.28. The minimum absolute atomic E-state index is 0.480. The Morgan fingerprint density at radius 1 is 1.16 bits per heavy atom. The lowest BCUT2D eigenvalue weighted by molar-refractivity contribution is 0.414. The van der Waals surface area contributed by atoms with Crippen molar-refractivity contribution in [3.05, 3.63) is 42.5 Å². The molecule has 0 unspecified atom stereocenters. The molecule has 2 aromatic heterocycles. The van der Waals surface area contributed by atoms with Crippen molar-refractivity contribution >= 4 is 0 Å². The highest BCUT2D eigenvalue weighted by molar-refractivity contribution is 5.72. The number of benzene rings is 1. The lowest BCUT2D eigenvalue weighted by Gasteiger charge is -2.07. The van der Waals surface area contributed by atoms with E-state index in [2.05, 4.69) is 10.2 Å². The van der Waals surface area contributed by atoms with Crippen LogP contribution in [0.2, 0.25) is 0 Å². The van der Waals surface area contributed by atoms with E-state index in [9.17, 15) is 0 Å². The third kappa shape index (κ3) is 2.10. The van der Waals surface area contributed by atoms with Gasteiger partial charge in [0.15, 0.2) is 0 Å². The molecule has 0 atom stereocenters. The molecule has 3 aromatic rings. The third-order valence-corrected chi connectivity index (χ3v) is 2.76. The lowest BCUT2D eigenvalue weighted by atomic mass is 10.1. The zero-order valence-electron chi connectivity index (χ0n) is 10.6. The summed E-state index contributed by atoms with van der Waals surface area (Å²) in [6.07, 6.45) is 1.62. The number of aromatic nitrogens is 2. The molecule has 5 nitrogen and oxygen atoms in total. The molecule has 0 aliphatic heterocycles. The summed E-state index contributed by atoms with van der Waals surface area (Å²) in [5, 5.41) is 7.83. The number of aryl methyl sites for hydroxylation is 1. The summed E-state index contributed by atoms with van der Waals surface area (Å²) in [5.74, 6) is 2.48. The third-order valence-electron chi connectivity index (χ3n) is 2.76. The summed E-state index contributed by atoms with van der Waals surface area (Å²) >= 11 is 0. The summed E-state index contributed by atoms with van der Waals surface area (Å²) < 4.78 is 16.2. The Bertz CT molecular complexity index is 687. The second kappa shape index (κ2) is 4.61. The van der Waals surface area contributed by atoms with Crippen molar-refractivity contribution in [2.24, 2.45) is 0 Å². The fourth-order valence-corrected chi connectivity index (χ4v) is 1.88. The maximum Gasteiger partial charge on any atom is 0.247 e. The van der Waals surface area contributed by atoms with Crippen LogP contribution in [-0.4, -0.2) is 17.3 Å². The van der Waals surface area contributed by atoms with Gasteiger partial charge in [-0.25, -0.2) is 0 Å². The molecule has 2 heterocycles. The van der Waals surface area contributed by atoms with Crippen molar-refractivity contribution < 1.29 is 13.6 Å². The second-order valence-corrected chi connectivity index (χ2v) is 4.02. The molecular formula is C14H12N2O3.